The molecule has 0 amide bonds. The van der Waals surface area contributed by atoms with E-state index in [-0.39, 0.29) is 5.56 Å². The minimum absolute atomic E-state index is 0.106. The van der Waals surface area contributed by atoms with Crippen LogP contribution < -0.4 is 10.2 Å². The van der Waals surface area contributed by atoms with E-state index in [0.29, 0.717) is 0 Å². The van der Waals surface area contributed by atoms with Crippen molar-refractivity contribution < 1.29 is 79.5 Å². The van der Waals surface area contributed by atoms with Gasteiger partial charge in [0, 0.05) is 11.6 Å². The SMILES string of the molecule is CC1OC(OC2C(Oc3c(-c4ccc(O)c(O)c4)oc4cc(O)c(O)c(O)c4c3=O)OC(CO)C(O)C2O)C(O)C(O)C1O. The number of fused-ring (bicyclic) bond motifs is 1. The fourth-order valence-electron chi connectivity index (χ4n) is 4.95. The van der Waals surface area contributed by atoms with Gasteiger partial charge in [0.05, 0.1) is 12.7 Å². The van der Waals surface area contributed by atoms with Gasteiger partial charge in [0.15, 0.2) is 41.2 Å². The van der Waals surface area contributed by atoms with Crippen LogP contribution in [0.15, 0.2) is 33.5 Å². The van der Waals surface area contributed by atoms with Crippen LogP contribution in [0.3, 0.4) is 0 Å². The summed E-state index contributed by atoms with van der Waals surface area (Å²) in [6.45, 7) is 0.488. The second-order valence-corrected chi connectivity index (χ2v) is 10.4. The normalized spacial score (nSPS) is 32.5. The Kier molecular flexibility index (Phi) is 8.51. The van der Waals surface area contributed by atoms with Crippen LogP contribution >= 0.6 is 0 Å². The van der Waals surface area contributed by atoms with Gasteiger partial charge in [-0.05, 0) is 25.1 Å². The van der Waals surface area contributed by atoms with Gasteiger partial charge in [0.2, 0.25) is 23.2 Å². The first kappa shape index (κ1) is 31.5. The van der Waals surface area contributed by atoms with Crippen LogP contribution in [-0.4, -0.2) is 124 Å². The third-order valence-corrected chi connectivity index (χ3v) is 7.47. The summed E-state index contributed by atoms with van der Waals surface area (Å²) in [5, 5.41) is 112. The summed E-state index contributed by atoms with van der Waals surface area (Å²) < 4.78 is 28.2. The Hall–Kier alpha value is -3.91. The second-order valence-electron chi connectivity index (χ2n) is 10.4. The predicted octanol–water partition coefficient (Wildman–Crippen LogP) is -1.98. The first-order valence-electron chi connectivity index (χ1n) is 13.2. The molecule has 44 heavy (non-hydrogen) atoms. The molecule has 11 N–H and O–H groups in total. The molecule has 17 nitrogen and oxygen atoms in total. The van der Waals surface area contributed by atoms with Crippen molar-refractivity contribution in [2.45, 2.75) is 68.3 Å². The molecule has 3 aromatic rings. The lowest BCUT2D eigenvalue weighted by molar-refractivity contribution is -0.354. The van der Waals surface area contributed by atoms with E-state index >= 15 is 0 Å². The number of phenolic OH excluding ortho intramolecular Hbond substituents is 5. The molecule has 2 aromatic carbocycles. The maximum absolute atomic E-state index is 13.8. The molecule has 0 spiro atoms. The zero-order valence-electron chi connectivity index (χ0n) is 22.7. The highest BCUT2D eigenvalue weighted by molar-refractivity contribution is 5.91. The molecule has 2 aliphatic rings. The van der Waals surface area contributed by atoms with Crippen molar-refractivity contribution >= 4 is 11.0 Å². The third-order valence-electron chi connectivity index (χ3n) is 7.47. The quantitative estimate of drug-likeness (QED) is 0.132. The Bertz CT molecular complexity index is 1590. The zero-order valence-corrected chi connectivity index (χ0v) is 22.7. The molecular formula is C27H30O17. The molecule has 2 aliphatic heterocycles. The van der Waals surface area contributed by atoms with Gasteiger partial charge in [-0.2, -0.15) is 0 Å². The van der Waals surface area contributed by atoms with E-state index in [1.807, 2.05) is 0 Å². The summed E-state index contributed by atoms with van der Waals surface area (Å²) in [6.07, 6.45) is -17.1. The highest BCUT2D eigenvalue weighted by Gasteiger charge is 2.51. The Balaban J connectivity index is 1.64. The van der Waals surface area contributed by atoms with Gasteiger partial charge < -0.3 is 79.5 Å². The van der Waals surface area contributed by atoms with Gasteiger partial charge in [0.25, 0.3) is 0 Å². The van der Waals surface area contributed by atoms with Crippen LogP contribution in [0.4, 0.5) is 0 Å². The fourth-order valence-corrected chi connectivity index (χ4v) is 4.95. The van der Waals surface area contributed by atoms with E-state index in [4.69, 9.17) is 23.4 Å². The van der Waals surface area contributed by atoms with Crippen LogP contribution in [0, 0.1) is 0 Å². The molecule has 2 fully saturated rings. The second kappa shape index (κ2) is 11.9. The Labute approximate surface area is 246 Å². The van der Waals surface area contributed by atoms with Gasteiger partial charge in [-0.25, -0.2) is 0 Å². The third kappa shape index (κ3) is 5.34. The van der Waals surface area contributed by atoms with E-state index in [0.717, 1.165) is 18.2 Å². The Morgan fingerprint density at radius 3 is 2.14 bits per heavy atom. The number of hydrogen-bond acceptors (Lipinski definition) is 17. The summed E-state index contributed by atoms with van der Waals surface area (Å²) in [5.41, 5.74) is -1.75. The van der Waals surface area contributed by atoms with Crippen molar-refractivity contribution in [2.75, 3.05) is 6.61 Å². The molecule has 0 radical (unpaired) electrons. The van der Waals surface area contributed by atoms with Gasteiger partial charge >= 0.3 is 0 Å². The number of benzene rings is 2. The number of ether oxygens (including phenoxy) is 4. The maximum atomic E-state index is 13.8. The smallest absolute Gasteiger partial charge is 0.239 e. The van der Waals surface area contributed by atoms with Crippen molar-refractivity contribution in [3.8, 4) is 45.8 Å². The predicted molar refractivity (Wildman–Crippen MR) is 142 cm³/mol. The van der Waals surface area contributed by atoms with Gasteiger partial charge in [-0.15, -0.1) is 0 Å². The number of aromatic hydroxyl groups is 5. The molecule has 3 heterocycles. The molecular weight excluding hydrogens is 596 g/mol. The van der Waals surface area contributed by atoms with Crippen LogP contribution in [-0.2, 0) is 14.2 Å². The highest BCUT2D eigenvalue weighted by Crippen LogP contribution is 2.44. The van der Waals surface area contributed by atoms with E-state index < -0.39 is 125 Å². The standard InChI is InChI=1S/C27H30O17/c1-7-15(32)20(37)22(39)26(40-7)44-25-21(38)17(34)13(6-28)42-27(25)43-24-19(36)14-12(5-11(31)16(33)18(14)35)41-23(24)8-2-3-9(29)10(30)4-8/h2-5,7,13,15,17,20-22,25-35,37-39H,6H2,1H3. The van der Waals surface area contributed by atoms with E-state index in [1.165, 1.54) is 13.0 Å². The molecule has 5 rings (SSSR count). The molecule has 17 heteroatoms. The van der Waals surface area contributed by atoms with Crippen molar-refractivity contribution in [1.29, 1.82) is 0 Å². The van der Waals surface area contributed by atoms with Crippen LogP contribution in [0.1, 0.15) is 6.92 Å². The molecule has 240 valence electrons. The Morgan fingerprint density at radius 1 is 0.773 bits per heavy atom. The van der Waals surface area contributed by atoms with Crippen molar-refractivity contribution in [1.82, 2.24) is 0 Å². The van der Waals surface area contributed by atoms with E-state index in [9.17, 15) is 61.0 Å². The average Bonchev–Trinajstić information content (AvgIpc) is 2.99. The average molecular weight is 627 g/mol. The summed E-state index contributed by atoms with van der Waals surface area (Å²) >= 11 is 0. The van der Waals surface area contributed by atoms with Crippen LogP contribution in [0.2, 0.25) is 0 Å². The molecule has 0 bridgehead atoms. The van der Waals surface area contributed by atoms with Crippen molar-refractivity contribution in [3.05, 3.63) is 34.5 Å². The van der Waals surface area contributed by atoms with Crippen molar-refractivity contribution in [3.63, 3.8) is 0 Å². The minimum atomic E-state index is -1.95. The molecule has 0 aliphatic carbocycles. The number of aliphatic hydroxyl groups is 6. The summed E-state index contributed by atoms with van der Waals surface area (Å²) in [4.78, 5) is 13.8. The molecule has 10 unspecified atom stereocenters. The number of hydrogen-bond donors (Lipinski definition) is 11. The largest absolute Gasteiger partial charge is 0.504 e. The first-order valence-corrected chi connectivity index (χ1v) is 13.2. The molecule has 2 saturated heterocycles. The van der Waals surface area contributed by atoms with E-state index in [2.05, 4.69) is 0 Å². The van der Waals surface area contributed by atoms with Crippen LogP contribution in [0.25, 0.3) is 22.3 Å². The van der Waals surface area contributed by atoms with Crippen molar-refractivity contribution in [2.24, 2.45) is 0 Å². The van der Waals surface area contributed by atoms with Crippen LogP contribution in [0.5, 0.6) is 34.5 Å². The number of phenols is 5. The maximum Gasteiger partial charge on any atom is 0.239 e. The number of aliphatic hydroxyl groups excluding tert-OH is 6. The lowest BCUT2D eigenvalue weighted by Gasteiger charge is -2.45. The van der Waals surface area contributed by atoms with Gasteiger partial charge in [-0.1, -0.05) is 0 Å². The summed E-state index contributed by atoms with van der Waals surface area (Å²) in [7, 11) is 0. The summed E-state index contributed by atoms with van der Waals surface area (Å²) in [5.74, 6) is -5.52. The van der Waals surface area contributed by atoms with E-state index in [1.54, 1.807) is 0 Å². The lowest BCUT2D eigenvalue weighted by atomic mass is 9.97. The molecule has 10 atom stereocenters. The topological polar surface area (TPSA) is 290 Å². The summed E-state index contributed by atoms with van der Waals surface area (Å²) in [6, 6.07) is 4.01. The van der Waals surface area contributed by atoms with Gasteiger partial charge in [0.1, 0.15) is 47.6 Å². The zero-order chi connectivity index (χ0) is 32.2. The first-order chi connectivity index (χ1) is 20.7. The Morgan fingerprint density at radius 2 is 1.48 bits per heavy atom. The molecule has 1 aromatic heterocycles. The minimum Gasteiger partial charge on any atom is -0.504 e. The number of rotatable bonds is 6. The highest BCUT2D eigenvalue weighted by atomic mass is 16.8. The van der Waals surface area contributed by atoms with Gasteiger partial charge in [-0.3, -0.25) is 4.79 Å². The lowest BCUT2D eigenvalue weighted by Crippen LogP contribution is -2.64. The fraction of sp³-hybridized carbons (Fsp3) is 0.444. The molecule has 0 saturated carbocycles. The monoisotopic (exact) mass is 626 g/mol.